The van der Waals surface area contributed by atoms with Crippen molar-refractivity contribution in [3.05, 3.63) is 59.4 Å². The number of primary amides is 1. The number of halogens is 1. The molecule has 108 valence electrons. The molecule has 1 amide bonds. The minimum atomic E-state index is -0.249. The molecule has 21 heavy (non-hydrogen) atoms. The van der Waals surface area contributed by atoms with E-state index in [2.05, 4.69) is 6.07 Å². The van der Waals surface area contributed by atoms with Crippen LogP contribution in [-0.4, -0.2) is 5.91 Å². The van der Waals surface area contributed by atoms with Crippen molar-refractivity contribution in [1.29, 1.82) is 0 Å². The molecule has 3 rings (SSSR count). The molecule has 2 nitrogen and oxygen atoms in total. The zero-order valence-corrected chi connectivity index (χ0v) is 12.3. The van der Waals surface area contributed by atoms with E-state index in [-0.39, 0.29) is 17.6 Å². The first-order chi connectivity index (χ1) is 10.1. The maximum Gasteiger partial charge on any atom is 0.224 e. The highest BCUT2D eigenvalue weighted by atomic mass is 32.2. The van der Waals surface area contributed by atoms with Gasteiger partial charge in [-0.05, 0) is 60.7 Å². The lowest BCUT2D eigenvalue weighted by Crippen LogP contribution is -2.25. The number of fused-ring (bicyclic) bond motifs is 1. The molecule has 0 saturated heterocycles. The molecule has 0 bridgehead atoms. The lowest BCUT2D eigenvalue weighted by Gasteiger charge is -2.23. The van der Waals surface area contributed by atoms with Crippen LogP contribution in [0.2, 0.25) is 0 Å². The molecule has 0 saturated carbocycles. The third-order valence-electron chi connectivity index (χ3n) is 3.80. The summed E-state index contributed by atoms with van der Waals surface area (Å²) in [4.78, 5) is 13.4. The molecule has 0 unspecified atom stereocenters. The average Bonchev–Trinajstić information content (AvgIpc) is 2.46. The van der Waals surface area contributed by atoms with Crippen molar-refractivity contribution in [1.82, 2.24) is 0 Å². The maximum atomic E-state index is 13.2. The predicted octanol–water partition coefficient (Wildman–Crippen LogP) is 3.88. The molecule has 2 N–H and O–H groups in total. The van der Waals surface area contributed by atoms with Crippen LogP contribution < -0.4 is 5.73 Å². The number of amides is 1. The summed E-state index contributed by atoms with van der Waals surface area (Å²) in [6, 6.07) is 12.6. The van der Waals surface area contributed by atoms with Crippen LogP contribution in [0.25, 0.3) is 0 Å². The zero-order valence-electron chi connectivity index (χ0n) is 11.5. The van der Waals surface area contributed by atoms with Gasteiger partial charge < -0.3 is 5.73 Å². The van der Waals surface area contributed by atoms with Crippen LogP contribution in [0.4, 0.5) is 4.39 Å². The fourth-order valence-corrected chi connectivity index (χ4v) is 3.74. The second-order valence-corrected chi connectivity index (χ2v) is 6.41. The van der Waals surface area contributed by atoms with Gasteiger partial charge in [0.15, 0.2) is 0 Å². The largest absolute Gasteiger partial charge is 0.369 e. The quantitative estimate of drug-likeness (QED) is 0.935. The highest BCUT2D eigenvalue weighted by Gasteiger charge is 2.24. The predicted molar refractivity (Wildman–Crippen MR) is 81.8 cm³/mol. The second kappa shape index (κ2) is 5.90. The van der Waals surface area contributed by atoms with Crippen molar-refractivity contribution in [2.45, 2.75) is 35.0 Å². The summed E-state index contributed by atoms with van der Waals surface area (Å²) in [5, 5.41) is 0. The Labute approximate surface area is 127 Å². The Morgan fingerprint density at radius 3 is 2.76 bits per heavy atom. The maximum absolute atomic E-state index is 13.2. The van der Waals surface area contributed by atoms with Crippen molar-refractivity contribution in [2.75, 3.05) is 0 Å². The van der Waals surface area contributed by atoms with E-state index in [1.165, 1.54) is 29.5 Å². The zero-order chi connectivity index (χ0) is 14.8. The van der Waals surface area contributed by atoms with Gasteiger partial charge in [0, 0.05) is 9.79 Å². The summed E-state index contributed by atoms with van der Waals surface area (Å²) < 4.78 is 13.2. The van der Waals surface area contributed by atoms with E-state index < -0.39 is 0 Å². The van der Waals surface area contributed by atoms with Crippen LogP contribution in [0, 0.1) is 5.82 Å². The minimum Gasteiger partial charge on any atom is -0.369 e. The molecular formula is C17H16FNOS. The number of hydrogen-bond acceptors (Lipinski definition) is 2. The number of carbonyl (C=O) groups excluding carboxylic acids is 1. The highest BCUT2D eigenvalue weighted by molar-refractivity contribution is 7.99. The third-order valence-corrected chi connectivity index (χ3v) is 4.78. The van der Waals surface area contributed by atoms with Gasteiger partial charge in [-0.15, -0.1) is 0 Å². The summed E-state index contributed by atoms with van der Waals surface area (Å²) in [5.41, 5.74) is 7.71. The van der Waals surface area contributed by atoms with Crippen LogP contribution in [0.3, 0.4) is 0 Å². The van der Waals surface area contributed by atoms with E-state index in [9.17, 15) is 9.18 Å². The van der Waals surface area contributed by atoms with Crippen molar-refractivity contribution in [3.8, 4) is 0 Å². The minimum absolute atomic E-state index is 0.165. The molecule has 0 aliphatic heterocycles. The van der Waals surface area contributed by atoms with E-state index in [1.54, 1.807) is 6.07 Å². The van der Waals surface area contributed by atoms with Gasteiger partial charge in [-0.25, -0.2) is 4.39 Å². The lowest BCUT2D eigenvalue weighted by atomic mass is 9.82. The van der Waals surface area contributed by atoms with Crippen molar-refractivity contribution in [3.63, 3.8) is 0 Å². The Kier molecular flexibility index (Phi) is 3.97. The summed E-state index contributed by atoms with van der Waals surface area (Å²) in [6.07, 6.45) is 2.78. The monoisotopic (exact) mass is 301 g/mol. The standard InChI is InChI=1S/C17H16FNOS/c18-12-4-2-5-13(10-12)21-14-7-8-15-11(9-14)3-1-6-16(15)17(19)20/h2,4-5,7-10,16H,1,3,6H2,(H2,19,20)/t16-/m1/s1. The van der Waals surface area contributed by atoms with Gasteiger partial charge >= 0.3 is 0 Å². The van der Waals surface area contributed by atoms with Crippen molar-refractivity contribution in [2.24, 2.45) is 5.73 Å². The van der Waals surface area contributed by atoms with Gasteiger partial charge in [-0.1, -0.05) is 23.9 Å². The van der Waals surface area contributed by atoms with E-state index >= 15 is 0 Å². The van der Waals surface area contributed by atoms with E-state index in [4.69, 9.17) is 5.73 Å². The molecule has 1 aliphatic carbocycles. The molecule has 2 aromatic carbocycles. The summed E-state index contributed by atoms with van der Waals surface area (Å²) in [5.74, 6) is -0.643. The van der Waals surface area contributed by atoms with Crippen LogP contribution in [0.1, 0.15) is 29.9 Å². The first-order valence-corrected chi connectivity index (χ1v) is 7.81. The van der Waals surface area contributed by atoms with Gasteiger partial charge in [-0.3, -0.25) is 4.79 Å². The summed E-state index contributed by atoms with van der Waals surface area (Å²) in [7, 11) is 0. The van der Waals surface area contributed by atoms with Gasteiger partial charge in [0.2, 0.25) is 5.91 Å². The smallest absolute Gasteiger partial charge is 0.224 e. The number of aryl methyl sites for hydroxylation is 1. The number of hydrogen-bond donors (Lipinski definition) is 1. The molecule has 4 heteroatoms. The highest BCUT2D eigenvalue weighted by Crippen LogP contribution is 2.36. The number of nitrogens with two attached hydrogens (primary N) is 1. The molecule has 2 aromatic rings. The van der Waals surface area contributed by atoms with Gasteiger partial charge in [-0.2, -0.15) is 0 Å². The molecule has 0 radical (unpaired) electrons. The molecule has 0 aromatic heterocycles. The number of benzene rings is 2. The van der Waals surface area contributed by atoms with E-state index in [0.717, 1.165) is 34.6 Å². The van der Waals surface area contributed by atoms with Gasteiger partial charge in [0.1, 0.15) is 5.82 Å². The van der Waals surface area contributed by atoms with Crippen LogP contribution in [0.15, 0.2) is 52.3 Å². The average molecular weight is 301 g/mol. The lowest BCUT2D eigenvalue weighted by molar-refractivity contribution is -0.119. The van der Waals surface area contributed by atoms with Crippen LogP contribution in [0.5, 0.6) is 0 Å². The Balaban J connectivity index is 1.87. The Hall–Kier alpha value is -1.81. The molecule has 0 fully saturated rings. The second-order valence-electron chi connectivity index (χ2n) is 5.27. The van der Waals surface area contributed by atoms with Gasteiger partial charge in [0.25, 0.3) is 0 Å². The topological polar surface area (TPSA) is 43.1 Å². The normalized spacial score (nSPS) is 17.3. The summed E-state index contributed by atoms with van der Waals surface area (Å²) >= 11 is 1.53. The molecular weight excluding hydrogens is 285 g/mol. The molecule has 0 heterocycles. The fourth-order valence-electron chi connectivity index (χ4n) is 2.82. The SMILES string of the molecule is NC(=O)[C@@H]1CCCc2cc(Sc3cccc(F)c3)ccc21. The first kappa shape index (κ1) is 14.1. The van der Waals surface area contributed by atoms with Crippen LogP contribution >= 0.6 is 11.8 Å². The third kappa shape index (κ3) is 3.10. The van der Waals surface area contributed by atoms with Crippen LogP contribution in [-0.2, 0) is 11.2 Å². The van der Waals surface area contributed by atoms with Gasteiger partial charge in [0.05, 0.1) is 5.92 Å². The molecule has 1 atom stereocenters. The Morgan fingerprint density at radius 2 is 2.00 bits per heavy atom. The van der Waals surface area contributed by atoms with E-state index in [1.807, 2.05) is 18.2 Å². The molecule has 1 aliphatic rings. The van der Waals surface area contributed by atoms with Crippen molar-refractivity contribution < 1.29 is 9.18 Å². The molecule has 0 spiro atoms. The Morgan fingerprint density at radius 1 is 1.19 bits per heavy atom. The van der Waals surface area contributed by atoms with E-state index in [0.29, 0.717) is 0 Å². The summed E-state index contributed by atoms with van der Waals surface area (Å²) in [6.45, 7) is 0. The fraction of sp³-hybridized carbons (Fsp3) is 0.235. The Bertz CT molecular complexity index is 686. The first-order valence-electron chi connectivity index (χ1n) is 6.99. The number of rotatable bonds is 3. The number of carbonyl (C=O) groups is 1. The van der Waals surface area contributed by atoms with Crippen molar-refractivity contribution >= 4 is 17.7 Å².